The number of carbonyl (C=O) groups is 5. The van der Waals surface area contributed by atoms with Crippen molar-refractivity contribution in [3.8, 4) is 22.5 Å². The largest absolute Gasteiger partial charge is 0.477 e. The van der Waals surface area contributed by atoms with E-state index in [9.17, 15) is 41.5 Å². The third kappa shape index (κ3) is 9.67. The molecule has 2 heterocycles. The number of nitrogens with two attached hydrogens (primary N) is 1. The fraction of sp³-hybridized carbons (Fsp3) is 0.405. The number of Topliss-reactive ketones (excluding diaryl/α,β-unsaturated/α-hetero) is 1. The molecule has 0 bridgehead atoms. The second-order valence-electron chi connectivity index (χ2n) is 15.2. The second-order valence-corrected chi connectivity index (χ2v) is 15.2. The number of aliphatic carboxylic acids is 1. The van der Waals surface area contributed by atoms with E-state index < -0.39 is 47.3 Å². The summed E-state index contributed by atoms with van der Waals surface area (Å²) in [5.74, 6) is -17.2. The zero-order valence-corrected chi connectivity index (χ0v) is 32.2. The van der Waals surface area contributed by atoms with Gasteiger partial charge in [-0.3, -0.25) is 24.3 Å². The average molecular weight is 820 g/mol. The Labute approximate surface area is 336 Å². The fourth-order valence-corrected chi connectivity index (χ4v) is 7.53. The topological polar surface area (TPSA) is 209 Å². The van der Waals surface area contributed by atoms with Crippen LogP contribution in [0, 0.1) is 24.7 Å². The van der Waals surface area contributed by atoms with Crippen LogP contribution in [0.2, 0.25) is 0 Å². The van der Waals surface area contributed by atoms with Crippen molar-refractivity contribution < 1.29 is 46.6 Å². The summed E-state index contributed by atoms with van der Waals surface area (Å²) in [5.41, 5.74) is 10.1. The van der Waals surface area contributed by atoms with Crippen molar-refractivity contribution in [2.24, 2.45) is 23.5 Å². The van der Waals surface area contributed by atoms with Crippen LogP contribution in [-0.4, -0.2) is 74.8 Å². The van der Waals surface area contributed by atoms with Gasteiger partial charge in [-0.05, 0) is 123 Å². The predicted octanol–water partition coefficient (Wildman–Crippen LogP) is 5.79. The van der Waals surface area contributed by atoms with Gasteiger partial charge in [-0.25, -0.2) is 9.78 Å². The molecule has 1 saturated carbocycles. The highest BCUT2D eigenvalue weighted by molar-refractivity contribution is 5.98. The van der Waals surface area contributed by atoms with Crippen LogP contribution in [0.4, 0.5) is 23.2 Å². The molecule has 7 N–H and O–H groups in total. The molecule has 0 spiro atoms. The third-order valence-corrected chi connectivity index (χ3v) is 11.1. The van der Waals surface area contributed by atoms with Gasteiger partial charge >= 0.3 is 17.8 Å². The first kappa shape index (κ1) is 42.6. The Kier molecular flexibility index (Phi) is 12.9. The summed E-state index contributed by atoms with van der Waals surface area (Å²) in [5, 5.41) is 22.2. The number of amides is 3. The highest BCUT2D eigenvalue weighted by atomic mass is 19.3. The summed E-state index contributed by atoms with van der Waals surface area (Å²) in [6, 6.07) is 17.9. The van der Waals surface area contributed by atoms with Crippen LogP contribution in [0.5, 0.6) is 0 Å². The minimum absolute atomic E-state index is 0.00999. The maximum Gasteiger partial charge on any atom is 0.411 e. The number of nitrogens with zero attached hydrogens (tertiary/aromatic N) is 2. The standard InChI is InChI=1S/C42H45F4N7O6/c1-23-19-29(36(55)50-33-3-2-18-48-38(33)57)14-17-32(23)26-8-4-24(5-9-26)20-30(21-34(54)27-10-6-25(22-47)7-11-27)37(56)49-31-15-12-28(13-16-31)35-51-39(53-52-35)41(43,44)42(45,46)40(58)59/h4-5,8-9,12-17,19,25,27,30,33H,2-3,6-7,10-11,18,20-22,47H2,1H3,(H,48,57)(H,49,56)(H,50,55)(H,58,59)(H,51,52,53)/t25?,27?,30-,33?/m1/s1. The van der Waals surface area contributed by atoms with Crippen molar-refractivity contribution in [1.82, 2.24) is 25.8 Å². The molecule has 17 heteroatoms. The number of hydrogen-bond donors (Lipinski definition) is 6. The van der Waals surface area contributed by atoms with Crippen molar-refractivity contribution in [3.63, 3.8) is 0 Å². The molecule has 1 unspecified atom stereocenters. The lowest BCUT2D eigenvalue weighted by Crippen LogP contribution is -2.50. The van der Waals surface area contributed by atoms with E-state index in [0.717, 1.165) is 41.5 Å². The molecule has 2 fully saturated rings. The van der Waals surface area contributed by atoms with Gasteiger partial charge in [-0.15, -0.1) is 0 Å². The first-order valence-corrected chi connectivity index (χ1v) is 19.4. The Morgan fingerprint density at radius 2 is 1.61 bits per heavy atom. The maximum atomic E-state index is 14.3. The lowest BCUT2D eigenvalue weighted by Gasteiger charge is -2.27. The predicted molar refractivity (Wildman–Crippen MR) is 208 cm³/mol. The highest BCUT2D eigenvalue weighted by Crippen LogP contribution is 2.42. The number of aromatic nitrogens is 3. The number of aromatic amines is 1. The molecule has 0 radical (unpaired) electrons. The van der Waals surface area contributed by atoms with E-state index in [-0.39, 0.29) is 41.9 Å². The summed E-state index contributed by atoms with van der Waals surface area (Å²) < 4.78 is 55.9. The fourth-order valence-electron chi connectivity index (χ4n) is 7.53. The molecule has 3 aromatic carbocycles. The summed E-state index contributed by atoms with van der Waals surface area (Å²) in [7, 11) is 0. The summed E-state index contributed by atoms with van der Waals surface area (Å²) in [6.07, 6.45) is 4.66. The quantitative estimate of drug-likeness (QED) is 0.0802. The molecular weight excluding hydrogens is 774 g/mol. The lowest BCUT2D eigenvalue weighted by atomic mass is 9.77. The van der Waals surface area contributed by atoms with E-state index in [1.807, 2.05) is 37.3 Å². The van der Waals surface area contributed by atoms with Crippen LogP contribution in [-0.2, 0) is 31.5 Å². The molecular formula is C42H45F4N7O6. The monoisotopic (exact) mass is 819 g/mol. The molecule has 2 aliphatic rings. The zero-order chi connectivity index (χ0) is 42.5. The van der Waals surface area contributed by atoms with E-state index in [1.165, 1.54) is 24.3 Å². The molecule has 59 heavy (non-hydrogen) atoms. The van der Waals surface area contributed by atoms with Crippen molar-refractivity contribution in [1.29, 1.82) is 0 Å². The Morgan fingerprint density at radius 1 is 0.932 bits per heavy atom. The number of benzene rings is 3. The second kappa shape index (κ2) is 17.9. The van der Waals surface area contributed by atoms with Gasteiger partial charge in [0.25, 0.3) is 5.91 Å². The Balaban J connectivity index is 1.15. The number of nitrogens with one attached hydrogen (secondary N) is 4. The SMILES string of the molecule is Cc1cc(C(=O)NC2CCCNC2=O)ccc1-c1ccc(C[C@H](CC(=O)C2CCC(CN)CC2)C(=O)Nc2ccc(-c3n[nH]c(C(F)(F)C(F)(F)C(=O)O)n3)cc2)cc1. The number of piperidine rings is 1. The molecule has 1 saturated heterocycles. The number of carboxylic acid groups (broad SMARTS) is 1. The number of ketones is 1. The molecule has 1 aromatic heterocycles. The molecule has 1 aliphatic carbocycles. The number of anilines is 1. The molecule has 4 aromatic rings. The van der Waals surface area contributed by atoms with Gasteiger partial charge in [-0.1, -0.05) is 30.3 Å². The van der Waals surface area contributed by atoms with E-state index >= 15 is 0 Å². The number of H-pyrrole nitrogens is 1. The van der Waals surface area contributed by atoms with Crippen LogP contribution in [0.3, 0.4) is 0 Å². The number of rotatable bonds is 15. The van der Waals surface area contributed by atoms with Crippen LogP contribution >= 0.6 is 0 Å². The summed E-state index contributed by atoms with van der Waals surface area (Å²) in [6.45, 7) is 3.04. The number of aryl methyl sites for hydroxylation is 1. The maximum absolute atomic E-state index is 14.3. The van der Waals surface area contributed by atoms with Crippen molar-refractivity contribution in [3.05, 3.63) is 89.2 Å². The third-order valence-electron chi connectivity index (χ3n) is 11.1. The Morgan fingerprint density at radius 3 is 2.24 bits per heavy atom. The average Bonchev–Trinajstić information content (AvgIpc) is 3.73. The van der Waals surface area contributed by atoms with Crippen molar-refractivity contribution in [2.45, 2.75) is 76.2 Å². The smallest absolute Gasteiger partial charge is 0.411 e. The van der Waals surface area contributed by atoms with Crippen LogP contribution < -0.4 is 21.7 Å². The molecule has 1 aliphatic heterocycles. The van der Waals surface area contributed by atoms with E-state index in [4.69, 9.17) is 10.8 Å². The first-order chi connectivity index (χ1) is 28.1. The van der Waals surface area contributed by atoms with Gasteiger partial charge < -0.3 is 26.8 Å². The van der Waals surface area contributed by atoms with Crippen molar-refractivity contribution >= 4 is 35.2 Å². The molecule has 312 valence electrons. The number of alkyl halides is 4. The van der Waals surface area contributed by atoms with E-state index in [2.05, 4.69) is 26.0 Å². The Hall–Kier alpha value is -5.97. The minimum atomic E-state index is -5.44. The van der Waals surface area contributed by atoms with Crippen LogP contribution in [0.1, 0.15) is 72.3 Å². The summed E-state index contributed by atoms with van der Waals surface area (Å²) in [4.78, 5) is 66.6. The highest BCUT2D eigenvalue weighted by Gasteiger charge is 2.65. The molecule has 2 atom stereocenters. The normalized spacial score (nSPS) is 19.0. The molecule has 6 rings (SSSR count). The number of hydrogen-bond acceptors (Lipinski definition) is 8. The van der Waals surface area contributed by atoms with Gasteiger partial charge in [0.05, 0.1) is 0 Å². The molecule has 13 nitrogen and oxygen atoms in total. The van der Waals surface area contributed by atoms with Gasteiger partial charge in [-0.2, -0.15) is 22.7 Å². The minimum Gasteiger partial charge on any atom is -0.477 e. The van der Waals surface area contributed by atoms with Crippen LogP contribution in [0.15, 0.2) is 66.7 Å². The number of halogens is 4. The first-order valence-electron chi connectivity index (χ1n) is 19.4. The van der Waals surface area contributed by atoms with Crippen molar-refractivity contribution in [2.75, 3.05) is 18.4 Å². The Bertz CT molecular complexity index is 2190. The van der Waals surface area contributed by atoms with Gasteiger partial charge in [0, 0.05) is 41.6 Å². The van der Waals surface area contributed by atoms with Gasteiger partial charge in [0.15, 0.2) is 5.82 Å². The van der Waals surface area contributed by atoms with Gasteiger partial charge in [0.1, 0.15) is 11.8 Å². The van der Waals surface area contributed by atoms with E-state index in [0.29, 0.717) is 49.5 Å². The lowest BCUT2D eigenvalue weighted by molar-refractivity contribution is -0.231. The number of carboxylic acids is 1. The van der Waals surface area contributed by atoms with Crippen LogP contribution in [0.25, 0.3) is 22.5 Å². The summed E-state index contributed by atoms with van der Waals surface area (Å²) >= 11 is 0. The zero-order valence-electron chi connectivity index (χ0n) is 32.2. The van der Waals surface area contributed by atoms with Gasteiger partial charge in [0.2, 0.25) is 17.6 Å². The van der Waals surface area contributed by atoms with E-state index in [1.54, 1.807) is 17.2 Å². The number of carbonyl (C=O) groups excluding carboxylic acids is 4. The molecule has 3 amide bonds.